The van der Waals surface area contributed by atoms with Gasteiger partial charge in [-0.05, 0) is 78.1 Å². The molecule has 0 heterocycles. The Morgan fingerprint density at radius 2 is 1.06 bits per heavy atom. The highest BCUT2D eigenvalue weighted by Gasteiger charge is 2.18. The molecule has 1 heteroatoms. The molecule has 0 radical (unpaired) electrons. The summed E-state index contributed by atoms with van der Waals surface area (Å²) in [6.07, 6.45) is 0. The Bertz CT molecular complexity index is 1220. The summed E-state index contributed by atoms with van der Waals surface area (Å²) in [5.74, 6) is 0. The topological polar surface area (TPSA) is 0 Å². The molecule has 0 saturated carbocycles. The third-order valence-electron chi connectivity index (χ3n) is 6.09. The van der Waals surface area contributed by atoms with E-state index in [4.69, 9.17) is 0 Å². The SMILES string of the molecule is CC(C)(C)c1ccc(-c2cc3ccccc3c(I)c2-c2ccc(C(C)(C)C)cc2)cc1. The Kier molecular flexibility index (Phi) is 5.76. The number of rotatable bonds is 2. The van der Waals surface area contributed by atoms with Crippen LogP contribution in [0.5, 0.6) is 0 Å². The van der Waals surface area contributed by atoms with Crippen LogP contribution in [0.3, 0.4) is 0 Å². The number of halogens is 1. The normalized spacial score (nSPS) is 12.4. The molecule has 4 rings (SSSR count). The predicted octanol–water partition coefficient (Wildman–Crippen LogP) is 9.37. The van der Waals surface area contributed by atoms with Gasteiger partial charge in [-0.2, -0.15) is 0 Å². The van der Waals surface area contributed by atoms with Gasteiger partial charge in [-0.25, -0.2) is 0 Å². The molecule has 31 heavy (non-hydrogen) atoms. The van der Waals surface area contributed by atoms with Crippen molar-refractivity contribution in [2.45, 2.75) is 52.4 Å². The van der Waals surface area contributed by atoms with Gasteiger partial charge >= 0.3 is 0 Å². The fraction of sp³-hybridized carbons (Fsp3) is 0.267. The van der Waals surface area contributed by atoms with Crippen LogP contribution in [-0.2, 0) is 10.8 Å². The van der Waals surface area contributed by atoms with Gasteiger partial charge in [-0.1, -0.05) is 114 Å². The maximum absolute atomic E-state index is 2.54. The van der Waals surface area contributed by atoms with E-state index < -0.39 is 0 Å². The summed E-state index contributed by atoms with van der Waals surface area (Å²) in [5, 5.41) is 2.60. The molecule has 0 unspecified atom stereocenters. The lowest BCUT2D eigenvalue weighted by atomic mass is 9.84. The summed E-state index contributed by atoms with van der Waals surface area (Å²) in [6.45, 7) is 13.6. The molecular formula is C30H31I. The lowest BCUT2D eigenvalue weighted by molar-refractivity contribution is 0.590. The molecule has 158 valence electrons. The van der Waals surface area contributed by atoms with E-state index >= 15 is 0 Å². The molecule has 4 aromatic rings. The van der Waals surface area contributed by atoms with Crippen LogP contribution < -0.4 is 0 Å². The van der Waals surface area contributed by atoms with Gasteiger partial charge in [0.15, 0.2) is 0 Å². The van der Waals surface area contributed by atoms with Crippen molar-refractivity contribution in [3.8, 4) is 22.3 Å². The van der Waals surface area contributed by atoms with E-state index in [0.717, 1.165) is 0 Å². The third-order valence-corrected chi connectivity index (χ3v) is 7.21. The quantitative estimate of drug-likeness (QED) is 0.232. The van der Waals surface area contributed by atoms with Gasteiger partial charge in [0.05, 0.1) is 0 Å². The molecule has 0 aliphatic carbocycles. The van der Waals surface area contributed by atoms with Gasteiger partial charge in [0, 0.05) is 9.13 Å². The van der Waals surface area contributed by atoms with E-state index in [0.29, 0.717) is 0 Å². The summed E-state index contributed by atoms with van der Waals surface area (Å²) in [7, 11) is 0. The first-order chi connectivity index (χ1) is 14.6. The molecule has 0 nitrogen and oxygen atoms in total. The lowest BCUT2D eigenvalue weighted by Crippen LogP contribution is -2.10. The lowest BCUT2D eigenvalue weighted by Gasteiger charge is -2.21. The van der Waals surface area contributed by atoms with Crippen LogP contribution in [0.4, 0.5) is 0 Å². The minimum atomic E-state index is 0.153. The highest BCUT2D eigenvalue weighted by atomic mass is 127. The molecule has 4 aromatic carbocycles. The third kappa shape index (κ3) is 4.43. The first kappa shape index (κ1) is 22.1. The maximum atomic E-state index is 2.54. The van der Waals surface area contributed by atoms with E-state index in [-0.39, 0.29) is 10.8 Å². The van der Waals surface area contributed by atoms with Crippen LogP contribution in [0.15, 0.2) is 78.9 Å². The van der Waals surface area contributed by atoms with E-state index in [1.54, 1.807) is 0 Å². The number of hydrogen-bond donors (Lipinski definition) is 0. The minimum absolute atomic E-state index is 0.153. The molecule has 0 amide bonds. The zero-order chi connectivity index (χ0) is 22.4. The second kappa shape index (κ2) is 8.09. The second-order valence-electron chi connectivity index (χ2n) is 10.5. The average Bonchev–Trinajstić information content (AvgIpc) is 2.73. The zero-order valence-electron chi connectivity index (χ0n) is 19.4. The molecule has 0 aliphatic rings. The van der Waals surface area contributed by atoms with Crippen molar-refractivity contribution >= 4 is 33.4 Å². The smallest absolute Gasteiger partial charge is 0.0293 e. The Balaban J connectivity index is 1.94. The first-order valence-electron chi connectivity index (χ1n) is 11.0. The molecule has 0 aromatic heterocycles. The fourth-order valence-electron chi connectivity index (χ4n) is 4.10. The van der Waals surface area contributed by atoms with E-state index in [1.807, 2.05) is 0 Å². The van der Waals surface area contributed by atoms with E-state index in [9.17, 15) is 0 Å². The molecular weight excluding hydrogens is 487 g/mol. The zero-order valence-corrected chi connectivity index (χ0v) is 21.5. The van der Waals surface area contributed by atoms with Crippen LogP contribution >= 0.6 is 22.6 Å². The molecule has 0 bridgehead atoms. The number of hydrogen-bond acceptors (Lipinski definition) is 0. The van der Waals surface area contributed by atoms with Crippen LogP contribution in [0.25, 0.3) is 33.0 Å². The van der Waals surface area contributed by atoms with Gasteiger partial charge in [0.25, 0.3) is 0 Å². The van der Waals surface area contributed by atoms with E-state index in [1.165, 1.54) is 47.7 Å². The average molecular weight is 518 g/mol. The summed E-state index contributed by atoms with van der Waals surface area (Å²) in [5.41, 5.74) is 8.20. The van der Waals surface area contributed by atoms with Crippen molar-refractivity contribution < 1.29 is 0 Å². The van der Waals surface area contributed by atoms with Gasteiger partial charge in [-0.15, -0.1) is 0 Å². The predicted molar refractivity (Wildman–Crippen MR) is 145 cm³/mol. The Labute approximate surface area is 200 Å². The Morgan fingerprint density at radius 1 is 0.581 bits per heavy atom. The minimum Gasteiger partial charge on any atom is -0.0616 e. The molecule has 0 aliphatic heterocycles. The highest BCUT2D eigenvalue weighted by molar-refractivity contribution is 14.1. The summed E-state index contributed by atoms with van der Waals surface area (Å²) < 4.78 is 1.31. The Hall–Kier alpha value is -2.13. The summed E-state index contributed by atoms with van der Waals surface area (Å²) >= 11 is 2.54. The van der Waals surface area contributed by atoms with Crippen LogP contribution in [0.1, 0.15) is 52.7 Å². The second-order valence-corrected chi connectivity index (χ2v) is 11.6. The van der Waals surface area contributed by atoms with Crippen LogP contribution in [0, 0.1) is 3.57 Å². The van der Waals surface area contributed by atoms with Crippen molar-refractivity contribution in [2.24, 2.45) is 0 Å². The molecule has 0 saturated heterocycles. The summed E-state index contributed by atoms with van der Waals surface area (Å²) in [6, 6.07) is 29.4. The maximum Gasteiger partial charge on any atom is 0.0293 e. The number of benzene rings is 4. The van der Waals surface area contributed by atoms with Crippen molar-refractivity contribution in [3.63, 3.8) is 0 Å². The largest absolute Gasteiger partial charge is 0.0616 e. The van der Waals surface area contributed by atoms with Crippen molar-refractivity contribution in [2.75, 3.05) is 0 Å². The highest BCUT2D eigenvalue weighted by Crippen LogP contribution is 2.41. The van der Waals surface area contributed by atoms with Crippen LogP contribution in [-0.4, -0.2) is 0 Å². The molecule has 0 fully saturated rings. The van der Waals surface area contributed by atoms with Crippen LogP contribution in [0.2, 0.25) is 0 Å². The fourth-order valence-corrected chi connectivity index (χ4v) is 5.19. The van der Waals surface area contributed by atoms with Gasteiger partial charge in [0.1, 0.15) is 0 Å². The standard InChI is InChI=1S/C30H31I/c1-29(2,3)23-15-11-20(12-16-23)26-19-22-9-7-8-10-25(22)28(31)27(26)21-13-17-24(18-14-21)30(4,5)6/h7-19H,1-6H3. The van der Waals surface area contributed by atoms with Crippen molar-refractivity contribution in [1.29, 1.82) is 0 Å². The molecule has 0 spiro atoms. The molecule has 0 atom stereocenters. The van der Waals surface area contributed by atoms with Crippen molar-refractivity contribution in [1.82, 2.24) is 0 Å². The van der Waals surface area contributed by atoms with Gasteiger partial charge in [-0.3, -0.25) is 0 Å². The Morgan fingerprint density at radius 3 is 1.58 bits per heavy atom. The molecule has 0 N–H and O–H groups in total. The summed E-state index contributed by atoms with van der Waals surface area (Å²) in [4.78, 5) is 0. The number of fused-ring (bicyclic) bond motifs is 1. The van der Waals surface area contributed by atoms with Gasteiger partial charge < -0.3 is 0 Å². The van der Waals surface area contributed by atoms with Gasteiger partial charge in [0.2, 0.25) is 0 Å². The van der Waals surface area contributed by atoms with E-state index in [2.05, 4.69) is 143 Å². The monoisotopic (exact) mass is 518 g/mol. The van der Waals surface area contributed by atoms with Crippen molar-refractivity contribution in [3.05, 3.63) is 93.6 Å². The first-order valence-corrected chi connectivity index (χ1v) is 12.1.